The van der Waals surface area contributed by atoms with Gasteiger partial charge in [-0.05, 0) is 49.9 Å². The number of hydrogen-bond acceptors (Lipinski definition) is 3. The van der Waals surface area contributed by atoms with Gasteiger partial charge >= 0.3 is 5.97 Å². The van der Waals surface area contributed by atoms with E-state index >= 15 is 0 Å². The van der Waals surface area contributed by atoms with Gasteiger partial charge in [-0.2, -0.15) is 0 Å². The molecule has 1 aliphatic carbocycles. The van der Waals surface area contributed by atoms with Gasteiger partial charge in [0.25, 0.3) is 5.91 Å². The third-order valence-corrected chi connectivity index (χ3v) is 4.88. The van der Waals surface area contributed by atoms with E-state index in [0.717, 1.165) is 25.9 Å². The number of hydrogen-bond donors (Lipinski definition) is 2. The number of carbonyl (C=O) groups excluding carboxylic acids is 2. The average Bonchev–Trinajstić information content (AvgIpc) is 3.16. The molecule has 1 aliphatic heterocycles. The third kappa shape index (κ3) is 3.90. The molecule has 1 aromatic carbocycles. The summed E-state index contributed by atoms with van der Waals surface area (Å²) in [6, 6.07) is 6.78. The number of rotatable bonds is 4. The molecule has 132 valence electrons. The van der Waals surface area contributed by atoms with Crippen molar-refractivity contribution < 1.29 is 19.5 Å². The highest BCUT2D eigenvalue weighted by atomic mass is 16.4. The summed E-state index contributed by atoms with van der Waals surface area (Å²) in [5.74, 6) is -2.50. The zero-order chi connectivity index (χ0) is 17.8. The van der Waals surface area contributed by atoms with Gasteiger partial charge in [0.1, 0.15) is 0 Å². The summed E-state index contributed by atoms with van der Waals surface area (Å²) in [5, 5.41) is 12.0. The number of nitrogens with zero attached hydrogens (tertiary/aromatic N) is 1. The normalized spacial score (nSPS) is 22.6. The molecule has 1 aromatic rings. The SMILES string of the molecule is O=C(Nc1ccc(C(=O)N2CCCC2)cc1)[C@H]1CC=CC[C@H]1C(=O)O. The zero-order valence-electron chi connectivity index (χ0n) is 14.0. The van der Waals surface area contributed by atoms with E-state index in [1.54, 1.807) is 30.3 Å². The molecule has 1 saturated heterocycles. The molecule has 0 unspecified atom stereocenters. The van der Waals surface area contributed by atoms with Crippen molar-refractivity contribution in [3.05, 3.63) is 42.0 Å². The maximum atomic E-state index is 12.4. The molecule has 2 amide bonds. The highest BCUT2D eigenvalue weighted by molar-refractivity contribution is 5.97. The lowest BCUT2D eigenvalue weighted by Crippen LogP contribution is -2.34. The second-order valence-electron chi connectivity index (χ2n) is 6.56. The monoisotopic (exact) mass is 342 g/mol. The first-order chi connectivity index (χ1) is 12.1. The molecule has 0 saturated carbocycles. The highest BCUT2D eigenvalue weighted by Gasteiger charge is 2.34. The molecule has 0 spiro atoms. The van der Waals surface area contributed by atoms with Gasteiger partial charge in [-0.3, -0.25) is 14.4 Å². The van der Waals surface area contributed by atoms with Crippen LogP contribution in [0.5, 0.6) is 0 Å². The number of likely N-dealkylation sites (tertiary alicyclic amines) is 1. The molecule has 0 bridgehead atoms. The van der Waals surface area contributed by atoms with Crippen LogP contribution >= 0.6 is 0 Å². The first-order valence-electron chi connectivity index (χ1n) is 8.64. The van der Waals surface area contributed by atoms with Gasteiger partial charge in [0, 0.05) is 24.3 Å². The second kappa shape index (κ2) is 7.51. The Bertz CT molecular complexity index is 690. The summed E-state index contributed by atoms with van der Waals surface area (Å²) < 4.78 is 0. The fourth-order valence-corrected chi connectivity index (χ4v) is 3.41. The molecule has 0 radical (unpaired) electrons. The molecule has 3 rings (SSSR count). The highest BCUT2D eigenvalue weighted by Crippen LogP contribution is 2.27. The predicted molar refractivity (Wildman–Crippen MR) is 93.2 cm³/mol. The van der Waals surface area contributed by atoms with Crippen LogP contribution in [0.2, 0.25) is 0 Å². The van der Waals surface area contributed by atoms with E-state index in [1.807, 2.05) is 11.0 Å². The Kier molecular flexibility index (Phi) is 5.16. The van der Waals surface area contributed by atoms with E-state index in [9.17, 15) is 19.5 Å². The van der Waals surface area contributed by atoms with Crippen LogP contribution in [0.4, 0.5) is 5.69 Å². The number of aliphatic carboxylic acids is 1. The van der Waals surface area contributed by atoms with Crippen molar-refractivity contribution in [2.75, 3.05) is 18.4 Å². The number of carboxylic acid groups (broad SMARTS) is 1. The summed E-state index contributed by atoms with van der Waals surface area (Å²) in [6.07, 6.45) is 6.54. The minimum absolute atomic E-state index is 0.0127. The number of carboxylic acids is 1. The molecule has 6 nitrogen and oxygen atoms in total. The Balaban J connectivity index is 1.64. The van der Waals surface area contributed by atoms with Gasteiger partial charge in [0.2, 0.25) is 5.91 Å². The minimum Gasteiger partial charge on any atom is -0.481 e. The molecule has 0 aromatic heterocycles. The Morgan fingerprint density at radius 3 is 2.16 bits per heavy atom. The van der Waals surface area contributed by atoms with Crippen LogP contribution in [-0.4, -0.2) is 40.9 Å². The Labute approximate surface area is 146 Å². The Morgan fingerprint density at radius 2 is 1.56 bits per heavy atom. The fraction of sp³-hybridized carbons (Fsp3) is 0.421. The number of allylic oxidation sites excluding steroid dienone is 2. The largest absolute Gasteiger partial charge is 0.481 e. The van der Waals surface area contributed by atoms with Crippen LogP contribution < -0.4 is 5.32 Å². The van der Waals surface area contributed by atoms with Gasteiger partial charge in [-0.15, -0.1) is 0 Å². The predicted octanol–water partition coefficient (Wildman–Crippen LogP) is 2.53. The van der Waals surface area contributed by atoms with Crippen LogP contribution in [0.1, 0.15) is 36.0 Å². The van der Waals surface area contributed by atoms with Crippen molar-refractivity contribution in [1.82, 2.24) is 4.90 Å². The first-order valence-corrected chi connectivity index (χ1v) is 8.64. The molecule has 1 heterocycles. The summed E-state index contributed by atoms with van der Waals surface area (Å²) in [7, 11) is 0. The van der Waals surface area contributed by atoms with Crippen molar-refractivity contribution in [1.29, 1.82) is 0 Å². The van der Waals surface area contributed by atoms with Crippen molar-refractivity contribution in [3.8, 4) is 0 Å². The Morgan fingerprint density at radius 1 is 0.960 bits per heavy atom. The first kappa shape index (κ1) is 17.2. The van der Waals surface area contributed by atoms with Crippen molar-refractivity contribution in [3.63, 3.8) is 0 Å². The summed E-state index contributed by atoms with van der Waals surface area (Å²) in [4.78, 5) is 37.9. The van der Waals surface area contributed by atoms with Gasteiger partial charge in [-0.25, -0.2) is 0 Å². The summed E-state index contributed by atoms with van der Waals surface area (Å²) in [5.41, 5.74) is 1.17. The number of amides is 2. The van der Waals surface area contributed by atoms with E-state index in [0.29, 0.717) is 24.1 Å². The maximum Gasteiger partial charge on any atom is 0.307 e. The second-order valence-corrected chi connectivity index (χ2v) is 6.56. The summed E-state index contributed by atoms with van der Waals surface area (Å²) >= 11 is 0. The van der Waals surface area contributed by atoms with Gasteiger partial charge in [0.15, 0.2) is 0 Å². The van der Waals surface area contributed by atoms with E-state index in [1.165, 1.54) is 0 Å². The molecule has 6 heteroatoms. The fourth-order valence-electron chi connectivity index (χ4n) is 3.41. The van der Waals surface area contributed by atoms with Crippen LogP contribution in [0.15, 0.2) is 36.4 Å². The van der Waals surface area contributed by atoms with Gasteiger partial charge in [0.05, 0.1) is 11.8 Å². The molecule has 1 fully saturated rings. The quantitative estimate of drug-likeness (QED) is 0.823. The smallest absolute Gasteiger partial charge is 0.307 e. The van der Waals surface area contributed by atoms with Crippen molar-refractivity contribution >= 4 is 23.5 Å². The van der Waals surface area contributed by atoms with E-state index in [2.05, 4.69) is 5.32 Å². The third-order valence-electron chi connectivity index (χ3n) is 4.88. The minimum atomic E-state index is -0.948. The van der Waals surface area contributed by atoms with Crippen molar-refractivity contribution in [2.24, 2.45) is 11.8 Å². The standard InChI is InChI=1S/C19H22N2O4/c22-17(15-5-1-2-6-16(15)19(24)25)20-14-9-7-13(8-10-14)18(23)21-11-3-4-12-21/h1-2,7-10,15-16H,3-6,11-12H2,(H,20,22)(H,24,25)/t15-,16+/m0/s1. The molecular weight excluding hydrogens is 320 g/mol. The van der Waals surface area contributed by atoms with Crippen molar-refractivity contribution in [2.45, 2.75) is 25.7 Å². The van der Waals surface area contributed by atoms with Crippen LogP contribution in [-0.2, 0) is 9.59 Å². The molecule has 2 atom stereocenters. The van der Waals surface area contributed by atoms with Crippen LogP contribution in [0.3, 0.4) is 0 Å². The average molecular weight is 342 g/mol. The zero-order valence-corrected chi connectivity index (χ0v) is 14.0. The van der Waals surface area contributed by atoms with E-state index in [-0.39, 0.29) is 11.8 Å². The summed E-state index contributed by atoms with van der Waals surface area (Å²) in [6.45, 7) is 1.59. The van der Waals surface area contributed by atoms with E-state index in [4.69, 9.17) is 0 Å². The lowest BCUT2D eigenvalue weighted by molar-refractivity contribution is -0.146. The number of carbonyl (C=O) groups is 3. The maximum absolute atomic E-state index is 12.4. The molecule has 25 heavy (non-hydrogen) atoms. The van der Waals surface area contributed by atoms with Gasteiger partial charge in [-0.1, -0.05) is 12.2 Å². The van der Waals surface area contributed by atoms with Crippen LogP contribution in [0, 0.1) is 11.8 Å². The number of nitrogens with one attached hydrogen (secondary N) is 1. The number of anilines is 1. The number of benzene rings is 1. The topological polar surface area (TPSA) is 86.7 Å². The molecule has 2 N–H and O–H groups in total. The lowest BCUT2D eigenvalue weighted by Gasteiger charge is -2.24. The molecular formula is C19H22N2O4. The van der Waals surface area contributed by atoms with Crippen LogP contribution in [0.25, 0.3) is 0 Å². The Hall–Kier alpha value is -2.63. The van der Waals surface area contributed by atoms with E-state index < -0.39 is 17.8 Å². The molecule has 2 aliphatic rings. The lowest BCUT2D eigenvalue weighted by atomic mass is 9.82. The van der Waals surface area contributed by atoms with Gasteiger partial charge < -0.3 is 15.3 Å².